The van der Waals surface area contributed by atoms with E-state index in [4.69, 9.17) is 11.5 Å². The lowest BCUT2D eigenvalue weighted by Crippen LogP contribution is -2.80. The van der Waals surface area contributed by atoms with Crippen LogP contribution in [0.4, 0.5) is 0 Å². The van der Waals surface area contributed by atoms with Crippen molar-refractivity contribution in [2.75, 3.05) is 0 Å². The van der Waals surface area contributed by atoms with E-state index in [9.17, 15) is 0 Å². The zero-order valence-electron chi connectivity index (χ0n) is 4.28. The minimum Gasteiger partial charge on any atom is -0.325 e. The normalized spacial score (nSPS) is 66.0. The summed E-state index contributed by atoms with van der Waals surface area (Å²) in [4.78, 5) is 0. The zero-order chi connectivity index (χ0) is 5.12. The Morgan fingerprint density at radius 2 is 1.14 bits per heavy atom. The van der Waals surface area contributed by atoms with E-state index < -0.39 is 0 Å². The minimum atomic E-state index is 0.203. The molecule has 3 fully saturated rings. The molecule has 0 aromatic rings. The monoisotopic (exact) mass is 98.1 g/mol. The van der Waals surface area contributed by atoms with Crippen LogP contribution >= 0.6 is 0 Å². The van der Waals surface area contributed by atoms with Crippen molar-refractivity contribution in [3.63, 3.8) is 0 Å². The molecule has 3 aliphatic carbocycles. The highest BCUT2D eigenvalue weighted by molar-refractivity contribution is 5.25. The van der Waals surface area contributed by atoms with Crippen molar-refractivity contribution in [1.82, 2.24) is 0 Å². The molecule has 0 heterocycles. The molecule has 2 bridgehead atoms. The predicted molar refractivity (Wildman–Crippen MR) is 27.7 cm³/mol. The molecule has 0 aromatic heterocycles. The lowest BCUT2D eigenvalue weighted by atomic mass is 9.45. The molecular formula is C5H10N2. The Bertz CT molecular complexity index is 87.5. The largest absolute Gasteiger partial charge is 0.325 e. The summed E-state index contributed by atoms with van der Waals surface area (Å²) in [6.45, 7) is 0. The summed E-state index contributed by atoms with van der Waals surface area (Å²) >= 11 is 0. The van der Waals surface area contributed by atoms with Crippen LogP contribution in [0.5, 0.6) is 0 Å². The lowest BCUT2D eigenvalue weighted by molar-refractivity contribution is -0.0488. The van der Waals surface area contributed by atoms with Crippen molar-refractivity contribution in [2.45, 2.75) is 30.3 Å². The van der Waals surface area contributed by atoms with E-state index in [1.54, 1.807) is 0 Å². The van der Waals surface area contributed by atoms with Crippen LogP contribution in [0.15, 0.2) is 0 Å². The second-order valence-electron chi connectivity index (χ2n) is 3.26. The number of hydrogen-bond donors (Lipinski definition) is 2. The number of nitrogens with two attached hydrogens (primary N) is 2. The van der Waals surface area contributed by atoms with Gasteiger partial charge in [-0.05, 0) is 19.3 Å². The van der Waals surface area contributed by atoms with Crippen LogP contribution in [-0.4, -0.2) is 11.1 Å². The molecule has 0 aliphatic heterocycles. The van der Waals surface area contributed by atoms with Crippen molar-refractivity contribution < 1.29 is 0 Å². The van der Waals surface area contributed by atoms with Gasteiger partial charge in [0.2, 0.25) is 0 Å². The highest BCUT2D eigenvalue weighted by atomic mass is 15.0. The summed E-state index contributed by atoms with van der Waals surface area (Å²) in [6, 6.07) is 0. The third-order valence-corrected chi connectivity index (χ3v) is 2.11. The van der Waals surface area contributed by atoms with Gasteiger partial charge >= 0.3 is 0 Å². The van der Waals surface area contributed by atoms with Gasteiger partial charge in [0.15, 0.2) is 0 Å². The third-order valence-electron chi connectivity index (χ3n) is 2.11. The molecule has 0 amide bonds. The Balaban J connectivity index is 2.16. The standard InChI is InChI=1S/C5H10N2/c6-4-1-5(7,2-4)3-4/h1-3,6-7H2. The van der Waals surface area contributed by atoms with Crippen LogP contribution in [0.1, 0.15) is 19.3 Å². The van der Waals surface area contributed by atoms with Crippen molar-refractivity contribution >= 4 is 0 Å². The molecule has 0 saturated heterocycles. The Labute approximate surface area is 42.9 Å². The summed E-state index contributed by atoms with van der Waals surface area (Å²) in [5.74, 6) is 0. The molecule has 0 aromatic carbocycles. The van der Waals surface area contributed by atoms with E-state index in [-0.39, 0.29) is 11.1 Å². The van der Waals surface area contributed by atoms with Gasteiger partial charge in [-0.25, -0.2) is 0 Å². The van der Waals surface area contributed by atoms with Crippen LogP contribution in [-0.2, 0) is 0 Å². The van der Waals surface area contributed by atoms with Crippen LogP contribution in [0.3, 0.4) is 0 Å². The molecule has 0 radical (unpaired) electrons. The van der Waals surface area contributed by atoms with E-state index in [0.717, 1.165) is 19.3 Å². The van der Waals surface area contributed by atoms with E-state index >= 15 is 0 Å². The topological polar surface area (TPSA) is 52.0 Å². The average Bonchev–Trinajstić information content (AvgIpc) is 1.27. The molecule has 2 nitrogen and oxygen atoms in total. The first kappa shape index (κ1) is 3.87. The quantitative estimate of drug-likeness (QED) is 0.432. The van der Waals surface area contributed by atoms with Crippen molar-refractivity contribution in [1.29, 1.82) is 0 Å². The minimum absolute atomic E-state index is 0.203. The Morgan fingerprint density at radius 1 is 0.857 bits per heavy atom. The molecular weight excluding hydrogens is 88.1 g/mol. The molecule has 2 heteroatoms. The molecule has 7 heavy (non-hydrogen) atoms. The van der Waals surface area contributed by atoms with Gasteiger partial charge in [0, 0.05) is 11.1 Å². The van der Waals surface area contributed by atoms with Gasteiger partial charge in [-0.1, -0.05) is 0 Å². The van der Waals surface area contributed by atoms with Crippen molar-refractivity contribution in [3.8, 4) is 0 Å². The first-order valence-electron chi connectivity index (χ1n) is 2.70. The second-order valence-corrected chi connectivity index (χ2v) is 3.26. The smallest absolute Gasteiger partial charge is 0.0207 e. The fourth-order valence-corrected chi connectivity index (χ4v) is 1.95. The third kappa shape index (κ3) is 0.283. The molecule has 0 unspecified atom stereocenters. The van der Waals surface area contributed by atoms with Gasteiger partial charge in [-0.3, -0.25) is 0 Å². The Kier molecular flexibility index (Phi) is 0.356. The molecule has 3 rings (SSSR count). The summed E-state index contributed by atoms with van der Waals surface area (Å²) < 4.78 is 0. The highest BCUT2D eigenvalue weighted by Crippen LogP contribution is 2.56. The summed E-state index contributed by atoms with van der Waals surface area (Å²) in [5.41, 5.74) is 11.8. The zero-order valence-corrected chi connectivity index (χ0v) is 4.28. The fourth-order valence-electron chi connectivity index (χ4n) is 1.95. The first-order chi connectivity index (χ1) is 3.12. The molecule has 0 atom stereocenters. The maximum Gasteiger partial charge on any atom is 0.0207 e. The van der Waals surface area contributed by atoms with E-state index in [0.29, 0.717) is 0 Å². The molecule has 3 aliphatic rings. The van der Waals surface area contributed by atoms with Gasteiger partial charge in [0.1, 0.15) is 0 Å². The van der Waals surface area contributed by atoms with E-state index in [1.165, 1.54) is 0 Å². The van der Waals surface area contributed by atoms with Gasteiger partial charge in [0.05, 0.1) is 0 Å². The van der Waals surface area contributed by atoms with Gasteiger partial charge < -0.3 is 11.5 Å². The Hall–Kier alpha value is -0.0800. The Morgan fingerprint density at radius 3 is 1.14 bits per heavy atom. The van der Waals surface area contributed by atoms with Crippen molar-refractivity contribution in [2.24, 2.45) is 11.5 Å². The predicted octanol–water partition coefficient (Wildman–Crippen LogP) is -0.421. The maximum atomic E-state index is 5.69. The molecule has 40 valence electrons. The fraction of sp³-hybridized carbons (Fsp3) is 1.00. The number of rotatable bonds is 0. The summed E-state index contributed by atoms with van der Waals surface area (Å²) in [6.07, 6.45) is 3.21. The second kappa shape index (κ2) is 0.644. The maximum absolute atomic E-state index is 5.69. The van der Waals surface area contributed by atoms with Gasteiger partial charge in [-0.15, -0.1) is 0 Å². The van der Waals surface area contributed by atoms with Crippen LogP contribution in [0, 0.1) is 0 Å². The molecule has 0 spiro atoms. The van der Waals surface area contributed by atoms with Crippen LogP contribution < -0.4 is 11.5 Å². The SMILES string of the molecule is NC12CC(N)(C1)C2. The summed E-state index contributed by atoms with van der Waals surface area (Å²) in [7, 11) is 0. The number of hydrogen-bond acceptors (Lipinski definition) is 2. The van der Waals surface area contributed by atoms with Gasteiger partial charge in [0.25, 0.3) is 0 Å². The lowest BCUT2D eigenvalue weighted by Gasteiger charge is -2.67. The van der Waals surface area contributed by atoms with E-state index in [1.807, 2.05) is 0 Å². The van der Waals surface area contributed by atoms with Crippen molar-refractivity contribution in [3.05, 3.63) is 0 Å². The van der Waals surface area contributed by atoms with Gasteiger partial charge in [-0.2, -0.15) is 0 Å². The molecule has 4 N–H and O–H groups in total. The average molecular weight is 98.1 g/mol. The summed E-state index contributed by atoms with van der Waals surface area (Å²) in [5, 5.41) is 0. The van der Waals surface area contributed by atoms with E-state index in [2.05, 4.69) is 0 Å². The first-order valence-corrected chi connectivity index (χ1v) is 2.70. The molecule has 3 saturated carbocycles. The van der Waals surface area contributed by atoms with Crippen LogP contribution in [0.2, 0.25) is 0 Å². The van der Waals surface area contributed by atoms with Crippen LogP contribution in [0.25, 0.3) is 0 Å². The highest BCUT2D eigenvalue weighted by Gasteiger charge is 2.63.